The van der Waals surface area contributed by atoms with Gasteiger partial charge in [-0.1, -0.05) is 18.2 Å². The molecule has 0 saturated carbocycles. The number of benzene rings is 1. The average molecular weight is 373 g/mol. The highest BCUT2D eigenvalue weighted by Gasteiger charge is 2.32. The number of carbonyl (C=O) groups is 1. The summed E-state index contributed by atoms with van der Waals surface area (Å²) in [4.78, 5) is 20.6. The summed E-state index contributed by atoms with van der Waals surface area (Å²) in [6.45, 7) is 2.64. The average Bonchev–Trinajstić information content (AvgIpc) is 3.01. The Bertz CT molecular complexity index is 884. The number of hydrogen-bond acceptors (Lipinski definition) is 5. The van der Waals surface area contributed by atoms with Crippen LogP contribution in [0.5, 0.6) is 0 Å². The van der Waals surface area contributed by atoms with Crippen molar-refractivity contribution in [2.24, 2.45) is 0 Å². The van der Waals surface area contributed by atoms with Crippen LogP contribution in [0.1, 0.15) is 23.7 Å². The van der Waals surface area contributed by atoms with Gasteiger partial charge in [-0.2, -0.15) is 0 Å². The van der Waals surface area contributed by atoms with E-state index in [9.17, 15) is 13.2 Å². The molecular formula is C19H23N3O3S. The molecule has 1 fully saturated rings. The molecule has 1 aromatic heterocycles. The third kappa shape index (κ3) is 3.88. The van der Waals surface area contributed by atoms with E-state index >= 15 is 0 Å². The van der Waals surface area contributed by atoms with E-state index in [4.69, 9.17) is 0 Å². The highest BCUT2D eigenvalue weighted by molar-refractivity contribution is 7.91. The van der Waals surface area contributed by atoms with Crippen molar-refractivity contribution in [1.82, 2.24) is 4.98 Å². The summed E-state index contributed by atoms with van der Waals surface area (Å²) in [6, 6.07) is 11.1. The zero-order chi connectivity index (χ0) is 18.7. The van der Waals surface area contributed by atoms with Gasteiger partial charge in [0.1, 0.15) is 0 Å². The number of rotatable bonds is 5. The Kier molecular flexibility index (Phi) is 5.27. The summed E-state index contributed by atoms with van der Waals surface area (Å²) in [5.41, 5.74) is 2.06. The minimum absolute atomic E-state index is 0.0657. The molecule has 26 heavy (non-hydrogen) atoms. The number of hydrogen-bond donors (Lipinski definition) is 0. The van der Waals surface area contributed by atoms with Crippen molar-refractivity contribution in [3.05, 3.63) is 54.4 Å². The minimum Gasteiger partial charge on any atom is -0.367 e. The van der Waals surface area contributed by atoms with Gasteiger partial charge in [-0.05, 0) is 31.5 Å². The second-order valence-electron chi connectivity index (χ2n) is 6.47. The van der Waals surface area contributed by atoms with E-state index in [1.165, 1.54) is 0 Å². The van der Waals surface area contributed by atoms with E-state index in [0.29, 0.717) is 18.5 Å². The lowest BCUT2D eigenvalue weighted by Crippen LogP contribution is -2.36. The van der Waals surface area contributed by atoms with Gasteiger partial charge in [-0.3, -0.25) is 9.78 Å². The van der Waals surface area contributed by atoms with Gasteiger partial charge >= 0.3 is 0 Å². The summed E-state index contributed by atoms with van der Waals surface area (Å²) in [6.07, 6.45) is 3.84. The number of para-hydroxylation sites is 1. The van der Waals surface area contributed by atoms with Crippen LogP contribution in [0.2, 0.25) is 0 Å². The van der Waals surface area contributed by atoms with Crippen LogP contribution in [-0.4, -0.2) is 50.4 Å². The van der Waals surface area contributed by atoms with Crippen LogP contribution in [-0.2, 0) is 9.84 Å². The number of aromatic nitrogens is 1. The fraction of sp³-hybridized carbons (Fsp3) is 0.368. The van der Waals surface area contributed by atoms with Crippen LogP contribution >= 0.6 is 0 Å². The monoisotopic (exact) mass is 373 g/mol. The summed E-state index contributed by atoms with van der Waals surface area (Å²) in [5.74, 6) is 0.223. The Balaban J connectivity index is 1.84. The summed E-state index contributed by atoms with van der Waals surface area (Å²) in [7, 11) is -1.24. The van der Waals surface area contributed by atoms with Gasteiger partial charge in [0.15, 0.2) is 9.84 Å². The van der Waals surface area contributed by atoms with E-state index in [0.717, 1.165) is 11.4 Å². The van der Waals surface area contributed by atoms with Crippen LogP contribution in [0.3, 0.4) is 0 Å². The summed E-state index contributed by atoms with van der Waals surface area (Å²) < 4.78 is 23.6. The SMILES string of the molecule is CCN(c1cncc(C(=O)N(C)c2ccccc2)c1)C1CCS(=O)(=O)C1. The first kappa shape index (κ1) is 18.4. The zero-order valence-corrected chi connectivity index (χ0v) is 15.8. The molecule has 7 heteroatoms. The van der Waals surface area contributed by atoms with E-state index in [1.807, 2.05) is 42.2 Å². The van der Waals surface area contributed by atoms with E-state index < -0.39 is 9.84 Å². The second kappa shape index (κ2) is 7.45. The topological polar surface area (TPSA) is 70.6 Å². The van der Waals surface area contributed by atoms with Crippen LogP contribution in [0.15, 0.2) is 48.8 Å². The Hall–Kier alpha value is -2.41. The number of sulfone groups is 1. The molecule has 1 unspecified atom stereocenters. The predicted octanol–water partition coefficient (Wildman–Crippen LogP) is 2.37. The van der Waals surface area contributed by atoms with Crippen molar-refractivity contribution in [3.63, 3.8) is 0 Å². The Morgan fingerprint density at radius 3 is 2.54 bits per heavy atom. The Labute approximate surface area is 154 Å². The van der Waals surface area contributed by atoms with Crippen molar-refractivity contribution in [2.45, 2.75) is 19.4 Å². The molecule has 6 nitrogen and oxygen atoms in total. The summed E-state index contributed by atoms with van der Waals surface area (Å²) in [5, 5.41) is 0. The first-order chi connectivity index (χ1) is 12.4. The molecular weight excluding hydrogens is 350 g/mol. The molecule has 0 N–H and O–H groups in total. The fourth-order valence-corrected chi connectivity index (χ4v) is 5.07. The normalized spacial score (nSPS) is 18.5. The molecule has 1 aliphatic rings. The molecule has 0 aliphatic carbocycles. The largest absolute Gasteiger partial charge is 0.367 e. The maximum Gasteiger partial charge on any atom is 0.259 e. The number of nitrogens with zero attached hydrogens (tertiary/aromatic N) is 3. The van der Waals surface area contributed by atoms with Crippen molar-refractivity contribution in [1.29, 1.82) is 0 Å². The maximum atomic E-state index is 12.8. The van der Waals surface area contributed by atoms with Crippen molar-refractivity contribution in [3.8, 4) is 0 Å². The van der Waals surface area contributed by atoms with Crippen molar-refractivity contribution >= 4 is 27.1 Å². The van der Waals surface area contributed by atoms with Gasteiger partial charge in [0.05, 0.1) is 29.0 Å². The lowest BCUT2D eigenvalue weighted by atomic mass is 10.1. The van der Waals surface area contributed by atoms with Crippen LogP contribution < -0.4 is 9.80 Å². The molecule has 1 aliphatic heterocycles. The number of pyridine rings is 1. The molecule has 1 atom stereocenters. The van der Waals surface area contributed by atoms with Gasteiger partial charge in [0.25, 0.3) is 5.91 Å². The van der Waals surface area contributed by atoms with Gasteiger partial charge in [0, 0.05) is 31.5 Å². The number of anilines is 2. The van der Waals surface area contributed by atoms with Crippen LogP contribution in [0.25, 0.3) is 0 Å². The molecule has 0 spiro atoms. The van der Waals surface area contributed by atoms with Gasteiger partial charge < -0.3 is 9.80 Å². The third-order valence-corrected chi connectivity index (χ3v) is 6.49. The molecule has 2 heterocycles. The molecule has 0 radical (unpaired) electrons. The molecule has 0 bridgehead atoms. The Morgan fingerprint density at radius 1 is 1.19 bits per heavy atom. The molecule has 2 aromatic rings. The van der Waals surface area contributed by atoms with Crippen LogP contribution in [0.4, 0.5) is 11.4 Å². The second-order valence-corrected chi connectivity index (χ2v) is 8.70. The van der Waals surface area contributed by atoms with Gasteiger partial charge in [-0.15, -0.1) is 0 Å². The van der Waals surface area contributed by atoms with E-state index in [-0.39, 0.29) is 23.5 Å². The Morgan fingerprint density at radius 2 is 1.92 bits per heavy atom. The third-order valence-electron chi connectivity index (χ3n) is 4.74. The lowest BCUT2D eigenvalue weighted by Gasteiger charge is -2.29. The first-order valence-electron chi connectivity index (χ1n) is 8.66. The molecule has 1 aromatic carbocycles. The predicted molar refractivity (Wildman–Crippen MR) is 103 cm³/mol. The van der Waals surface area contributed by atoms with Gasteiger partial charge in [-0.25, -0.2) is 8.42 Å². The smallest absolute Gasteiger partial charge is 0.259 e. The molecule has 3 rings (SSSR count). The molecule has 1 amide bonds. The standard InChI is InChI=1S/C19H23N3O3S/c1-3-22(17-9-10-26(24,25)14-17)18-11-15(12-20-13-18)19(23)21(2)16-7-5-4-6-8-16/h4-8,11-13,17H,3,9-10,14H2,1-2H3. The zero-order valence-electron chi connectivity index (χ0n) is 15.0. The first-order valence-corrected chi connectivity index (χ1v) is 10.5. The maximum absolute atomic E-state index is 12.8. The van der Waals surface area contributed by atoms with E-state index in [1.54, 1.807) is 30.4 Å². The number of amides is 1. The molecule has 1 saturated heterocycles. The van der Waals surface area contributed by atoms with E-state index in [2.05, 4.69) is 4.98 Å². The lowest BCUT2D eigenvalue weighted by molar-refractivity contribution is 0.0992. The van der Waals surface area contributed by atoms with Crippen molar-refractivity contribution < 1.29 is 13.2 Å². The minimum atomic E-state index is -2.97. The quantitative estimate of drug-likeness (QED) is 0.805. The molecule has 138 valence electrons. The highest BCUT2D eigenvalue weighted by Crippen LogP contribution is 2.25. The highest BCUT2D eigenvalue weighted by atomic mass is 32.2. The van der Waals surface area contributed by atoms with Gasteiger partial charge in [0.2, 0.25) is 0 Å². The fourth-order valence-electron chi connectivity index (χ4n) is 3.34. The summed E-state index contributed by atoms with van der Waals surface area (Å²) >= 11 is 0. The number of carbonyl (C=O) groups excluding carboxylic acids is 1. The van der Waals surface area contributed by atoms with Crippen LogP contribution in [0, 0.1) is 0 Å². The van der Waals surface area contributed by atoms with Crippen molar-refractivity contribution in [2.75, 3.05) is 34.9 Å².